The lowest BCUT2D eigenvalue weighted by molar-refractivity contribution is 0.0791. The molecule has 2 aromatic heterocycles. The number of nitrogens with zero attached hydrogens (tertiary/aromatic N) is 4. The standard InChI is InChI=1S/C18H26N4O3S/c1-4-10-20(2)18(23)16-15-9-5-6-12-22(15)17(19-16)14-8-7-11-21(13-14)26(3,24)25/h5-6,9,12,14H,4,7-8,10-11,13H2,1-3H3/t14-/m1/s1. The highest BCUT2D eigenvalue weighted by Crippen LogP contribution is 2.29. The number of pyridine rings is 1. The van der Waals surface area contributed by atoms with Crippen molar-refractivity contribution in [2.45, 2.75) is 32.1 Å². The Labute approximate surface area is 154 Å². The summed E-state index contributed by atoms with van der Waals surface area (Å²) in [5, 5.41) is 0. The van der Waals surface area contributed by atoms with Crippen molar-refractivity contribution in [3.8, 4) is 0 Å². The Balaban J connectivity index is 2.00. The van der Waals surface area contributed by atoms with Gasteiger partial charge in [0.2, 0.25) is 10.0 Å². The van der Waals surface area contributed by atoms with Gasteiger partial charge in [-0.25, -0.2) is 17.7 Å². The lowest BCUT2D eigenvalue weighted by Crippen LogP contribution is -2.38. The van der Waals surface area contributed by atoms with Gasteiger partial charge in [-0.2, -0.15) is 0 Å². The molecular formula is C18H26N4O3S. The first-order chi connectivity index (χ1) is 12.3. The van der Waals surface area contributed by atoms with Gasteiger partial charge in [-0.15, -0.1) is 0 Å². The SMILES string of the molecule is CCCN(C)C(=O)c1nc([C@@H]2CCCN(S(C)(=O)=O)C2)n2ccccc12. The molecule has 0 radical (unpaired) electrons. The van der Waals surface area contributed by atoms with Crippen LogP contribution in [0.4, 0.5) is 0 Å². The Bertz CT molecular complexity index is 906. The zero-order valence-electron chi connectivity index (χ0n) is 15.6. The van der Waals surface area contributed by atoms with Gasteiger partial charge in [0.05, 0.1) is 11.8 Å². The number of hydrogen-bond acceptors (Lipinski definition) is 4. The van der Waals surface area contributed by atoms with Gasteiger partial charge in [-0.3, -0.25) is 4.79 Å². The van der Waals surface area contributed by atoms with Crippen molar-refractivity contribution in [3.63, 3.8) is 0 Å². The van der Waals surface area contributed by atoms with Crippen molar-refractivity contribution in [1.29, 1.82) is 0 Å². The predicted molar refractivity (Wildman–Crippen MR) is 101 cm³/mol. The van der Waals surface area contributed by atoms with Crippen molar-refractivity contribution in [1.82, 2.24) is 18.6 Å². The Hall–Kier alpha value is -1.93. The molecule has 1 fully saturated rings. The minimum absolute atomic E-state index is 0.0218. The maximum Gasteiger partial charge on any atom is 0.274 e. The van der Waals surface area contributed by atoms with E-state index in [0.717, 1.165) is 30.6 Å². The highest BCUT2D eigenvalue weighted by atomic mass is 32.2. The number of hydrogen-bond donors (Lipinski definition) is 0. The lowest BCUT2D eigenvalue weighted by Gasteiger charge is -2.30. The molecule has 142 valence electrons. The first kappa shape index (κ1) is 18.8. The predicted octanol–water partition coefficient (Wildman–Crippen LogP) is 1.96. The summed E-state index contributed by atoms with van der Waals surface area (Å²) in [6, 6.07) is 5.68. The summed E-state index contributed by atoms with van der Waals surface area (Å²) < 4.78 is 27.3. The van der Waals surface area contributed by atoms with E-state index in [1.54, 1.807) is 11.9 Å². The molecule has 0 spiro atoms. The summed E-state index contributed by atoms with van der Waals surface area (Å²) >= 11 is 0. The molecule has 0 saturated carbocycles. The number of fused-ring (bicyclic) bond motifs is 1. The average Bonchev–Trinajstić information content (AvgIpc) is 3.00. The van der Waals surface area contributed by atoms with E-state index < -0.39 is 10.0 Å². The fourth-order valence-corrected chi connectivity index (χ4v) is 4.49. The van der Waals surface area contributed by atoms with E-state index in [0.29, 0.717) is 25.3 Å². The summed E-state index contributed by atoms with van der Waals surface area (Å²) in [5.41, 5.74) is 1.21. The number of carbonyl (C=O) groups is 1. The summed E-state index contributed by atoms with van der Waals surface area (Å²) in [7, 11) is -1.45. The third-order valence-electron chi connectivity index (χ3n) is 4.90. The molecule has 3 heterocycles. The zero-order valence-corrected chi connectivity index (χ0v) is 16.4. The van der Waals surface area contributed by atoms with E-state index in [2.05, 4.69) is 4.98 Å². The third-order valence-corrected chi connectivity index (χ3v) is 6.17. The molecule has 1 amide bonds. The van der Waals surface area contributed by atoms with Crippen LogP contribution in [0, 0.1) is 0 Å². The summed E-state index contributed by atoms with van der Waals surface area (Å²) in [4.78, 5) is 19.2. The van der Waals surface area contributed by atoms with Gasteiger partial charge in [-0.1, -0.05) is 13.0 Å². The molecule has 2 aromatic rings. The Morgan fingerprint density at radius 3 is 2.85 bits per heavy atom. The van der Waals surface area contributed by atoms with Crippen molar-refractivity contribution >= 4 is 21.4 Å². The fourth-order valence-electron chi connectivity index (χ4n) is 3.58. The number of carbonyl (C=O) groups excluding carboxylic acids is 1. The van der Waals surface area contributed by atoms with Gasteiger partial charge < -0.3 is 9.30 Å². The second kappa shape index (κ2) is 7.36. The Morgan fingerprint density at radius 2 is 2.15 bits per heavy atom. The van der Waals surface area contributed by atoms with Crippen molar-refractivity contribution in [2.24, 2.45) is 0 Å². The van der Waals surface area contributed by atoms with Crippen LogP contribution in [0.15, 0.2) is 24.4 Å². The zero-order chi connectivity index (χ0) is 18.9. The molecule has 1 aliphatic rings. The molecule has 8 heteroatoms. The van der Waals surface area contributed by atoms with E-state index in [-0.39, 0.29) is 11.8 Å². The van der Waals surface area contributed by atoms with Crippen LogP contribution in [0.2, 0.25) is 0 Å². The largest absolute Gasteiger partial charge is 0.340 e. The van der Waals surface area contributed by atoms with E-state index in [9.17, 15) is 13.2 Å². The minimum atomic E-state index is -3.23. The molecule has 0 aliphatic carbocycles. The summed E-state index contributed by atoms with van der Waals surface area (Å²) in [5.74, 6) is 0.645. The van der Waals surface area contributed by atoms with Gasteiger partial charge in [0.1, 0.15) is 5.82 Å². The first-order valence-corrected chi connectivity index (χ1v) is 10.8. The third kappa shape index (κ3) is 3.61. The number of rotatable bonds is 5. The second-order valence-corrected chi connectivity index (χ2v) is 8.94. The minimum Gasteiger partial charge on any atom is -0.340 e. The van der Waals surface area contributed by atoms with Crippen molar-refractivity contribution in [2.75, 3.05) is 32.9 Å². The van der Waals surface area contributed by atoms with Crippen LogP contribution in [-0.2, 0) is 10.0 Å². The quantitative estimate of drug-likeness (QED) is 0.797. The Kier molecular flexibility index (Phi) is 5.34. The van der Waals surface area contributed by atoms with Gasteiger partial charge >= 0.3 is 0 Å². The molecule has 0 unspecified atom stereocenters. The number of aromatic nitrogens is 2. The molecule has 1 atom stereocenters. The smallest absolute Gasteiger partial charge is 0.274 e. The molecule has 3 rings (SSSR count). The average molecular weight is 378 g/mol. The van der Waals surface area contributed by atoms with Crippen LogP contribution in [0.3, 0.4) is 0 Å². The van der Waals surface area contributed by atoms with E-state index in [1.165, 1.54) is 10.6 Å². The van der Waals surface area contributed by atoms with Crippen molar-refractivity contribution < 1.29 is 13.2 Å². The van der Waals surface area contributed by atoms with Crippen LogP contribution in [0.5, 0.6) is 0 Å². The van der Waals surface area contributed by atoms with Crippen LogP contribution >= 0.6 is 0 Å². The molecular weight excluding hydrogens is 352 g/mol. The molecule has 0 bridgehead atoms. The molecule has 1 aliphatic heterocycles. The Morgan fingerprint density at radius 1 is 1.38 bits per heavy atom. The lowest BCUT2D eigenvalue weighted by atomic mass is 9.99. The number of imidazole rings is 1. The fraction of sp³-hybridized carbons (Fsp3) is 0.556. The van der Waals surface area contributed by atoms with Crippen LogP contribution in [0.25, 0.3) is 5.52 Å². The molecule has 7 nitrogen and oxygen atoms in total. The first-order valence-electron chi connectivity index (χ1n) is 9.00. The maximum absolute atomic E-state index is 12.8. The molecule has 26 heavy (non-hydrogen) atoms. The van der Waals surface area contributed by atoms with Gasteiger partial charge in [0.15, 0.2) is 5.69 Å². The van der Waals surface area contributed by atoms with Gasteiger partial charge in [0, 0.05) is 38.8 Å². The maximum atomic E-state index is 12.8. The van der Waals surface area contributed by atoms with Crippen LogP contribution in [-0.4, -0.2) is 65.9 Å². The number of piperidine rings is 1. The van der Waals surface area contributed by atoms with E-state index in [1.807, 2.05) is 35.7 Å². The normalized spacial score (nSPS) is 19.0. The molecule has 0 N–H and O–H groups in total. The summed E-state index contributed by atoms with van der Waals surface area (Å²) in [6.45, 7) is 3.66. The molecule has 1 saturated heterocycles. The molecule has 0 aromatic carbocycles. The number of sulfonamides is 1. The van der Waals surface area contributed by atoms with Crippen LogP contribution < -0.4 is 0 Å². The monoisotopic (exact) mass is 378 g/mol. The highest BCUT2D eigenvalue weighted by Gasteiger charge is 2.31. The van der Waals surface area contributed by atoms with E-state index in [4.69, 9.17) is 0 Å². The van der Waals surface area contributed by atoms with Crippen LogP contribution in [0.1, 0.15) is 48.4 Å². The topological polar surface area (TPSA) is 75.0 Å². The van der Waals surface area contributed by atoms with Crippen molar-refractivity contribution in [3.05, 3.63) is 35.9 Å². The van der Waals surface area contributed by atoms with Gasteiger partial charge in [-0.05, 0) is 31.4 Å². The van der Waals surface area contributed by atoms with Gasteiger partial charge in [0.25, 0.3) is 5.91 Å². The second-order valence-electron chi connectivity index (χ2n) is 6.96. The number of amides is 1. The summed E-state index contributed by atoms with van der Waals surface area (Å²) in [6.07, 6.45) is 5.67. The van der Waals surface area contributed by atoms with E-state index >= 15 is 0 Å². The highest BCUT2D eigenvalue weighted by molar-refractivity contribution is 7.88.